The first-order chi connectivity index (χ1) is 20.6. The highest BCUT2D eigenvalue weighted by molar-refractivity contribution is 5.86. The first kappa shape index (κ1) is 24.9. The third-order valence-corrected chi connectivity index (χ3v) is 9.39. The summed E-state index contributed by atoms with van der Waals surface area (Å²) in [7, 11) is 0. The first-order valence-electron chi connectivity index (χ1n) is 15.0. The molecule has 0 saturated carbocycles. The van der Waals surface area contributed by atoms with E-state index in [0.29, 0.717) is 5.92 Å². The van der Waals surface area contributed by atoms with Gasteiger partial charge < -0.3 is 4.90 Å². The molecule has 5 aromatic carbocycles. The molecule has 3 aliphatic rings. The van der Waals surface area contributed by atoms with Crippen LogP contribution in [0.25, 0.3) is 33.9 Å². The van der Waals surface area contributed by atoms with E-state index in [2.05, 4.69) is 164 Å². The fourth-order valence-corrected chi connectivity index (χ4v) is 7.16. The molecule has 0 heterocycles. The molecule has 0 radical (unpaired) electrons. The minimum atomic E-state index is -0.0577. The van der Waals surface area contributed by atoms with Crippen LogP contribution >= 0.6 is 0 Å². The summed E-state index contributed by atoms with van der Waals surface area (Å²) in [5, 5.41) is 2.67. The van der Waals surface area contributed by atoms with Crippen LogP contribution in [0.5, 0.6) is 0 Å². The van der Waals surface area contributed by atoms with Crippen LogP contribution < -0.4 is 15.3 Å². The zero-order chi connectivity index (χ0) is 28.3. The Balaban J connectivity index is 1.31. The van der Waals surface area contributed by atoms with Gasteiger partial charge in [0, 0.05) is 28.4 Å². The molecule has 1 heteroatoms. The van der Waals surface area contributed by atoms with E-state index in [-0.39, 0.29) is 5.41 Å². The summed E-state index contributed by atoms with van der Waals surface area (Å²) in [4.78, 5) is 2.43. The first-order valence-corrected chi connectivity index (χ1v) is 15.0. The molecule has 5 aromatic rings. The van der Waals surface area contributed by atoms with Crippen molar-refractivity contribution >= 4 is 28.7 Å². The summed E-state index contributed by atoms with van der Waals surface area (Å²) < 4.78 is 0. The van der Waals surface area contributed by atoms with Crippen LogP contribution in [-0.4, -0.2) is 0 Å². The predicted octanol–water partition coefficient (Wildman–Crippen LogP) is 9.21. The van der Waals surface area contributed by atoms with Gasteiger partial charge in [-0.15, -0.1) is 0 Å². The summed E-state index contributed by atoms with van der Waals surface area (Å²) in [6, 6.07) is 42.6. The second-order valence-corrected chi connectivity index (χ2v) is 12.2. The van der Waals surface area contributed by atoms with Gasteiger partial charge in [0.1, 0.15) is 0 Å². The van der Waals surface area contributed by atoms with Crippen LogP contribution in [0, 0.1) is 5.92 Å². The number of allylic oxidation sites excluding steroid dienone is 4. The van der Waals surface area contributed by atoms with Gasteiger partial charge in [-0.3, -0.25) is 0 Å². The quantitative estimate of drug-likeness (QED) is 0.220. The molecule has 1 atom stereocenters. The fourth-order valence-electron chi connectivity index (χ4n) is 7.16. The lowest BCUT2D eigenvalue weighted by atomic mass is 9.82. The molecule has 1 unspecified atom stereocenters. The molecule has 0 bridgehead atoms. The average molecular weight is 540 g/mol. The summed E-state index contributed by atoms with van der Waals surface area (Å²) in [5.41, 5.74) is 12.8. The van der Waals surface area contributed by atoms with Crippen LogP contribution in [0.4, 0.5) is 17.1 Å². The normalized spacial score (nSPS) is 17.1. The largest absolute Gasteiger partial charge is 0.310 e. The van der Waals surface area contributed by atoms with Crippen LogP contribution in [0.15, 0.2) is 140 Å². The Bertz CT molecular complexity index is 2020. The van der Waals surface area contributed by atoms with E-state index in [1.54, 1.807) is 0 Å². The Morgan fingerprint density at radius 2 is 1.31 bits per heavy atom. The smallest absolute Gasteiger partial charge is 0.0468 e. The van der Waals surface area contributed by atoms with Crippen molar-refractivity contribution in [2.45, 2.75) is 25.7 Å². The highest BCUT2D eigenvalue weighted by Gasteiger charge is 2.35. The number of benzene rings is 5. The lowest BCUT2D eigenvalue weighted by Gasteiger charge is -2.29. The maximum atomic E-state index is 2.43. The number of nitrogens with zero attached hydrogens (tertiary/aromatic N) is 1. The molecule has 8 rings (SSSR count). The Morgan fingerprint density at radius 1 is 0.619 bits per heavy atom. The molecular formula is C41H33N. The minimum absolute atomic E-state index is 0.0577. The van der Waals surface area contributed by atoms with E-state index in [0.717, 1.165) is 12.1 Å². The average Bonchev–Trinajstić information content (AvgIpc) is 3.28. The van der Waals surface area contributed by atoms with Crippen LogP contribution in [0.2, 0.25) is 0 Å². The Labute approximate surface area is 248 Å². The monoisotopic (exact) mass is 539 g/mol. The van der Waals surface area contributed by atoms with Crippen LogP contribution in [-0.2, 0) is 5.41 Å². The highest BCUT2D eigenvalue weighted by Crippen LogP contribution is 2.50. The summed E-state index contributed by atoms with van der Waals surface area (Å²) in [6.45, 7) is 4.71. The minimum Gasteiger partial charge on any atom is -0.310 e. The maximum absolute atomic E-state index is 2.43. The van der Waals surface area contributed by atoms with Crippen molar-refractivity contribution < 1.29 is 0 Å². The number of hydrogen-bond donors (Lipinski definition) is 0. The summed E-state index contributed by atoms with van der Waals surface area (Å²) in [6.07, 6.45) is 12.4. The number of rotatable bonds is 4. The Hall–Kier alpha value is -4.88. The van der Waals surface area contributed by atoms with E-state index in [1.807, 2.05) is 0 Å². The van der Waals surface area contributed by atoms with Crippen molar-refractivity contribution in [1.29, 1.82) is 0 Å². The summed E-state index contributed by atoms with van der Waals surface area (Å²) >= 11 is 0. The van der Waals surface area contributed by atoms with E-state index in [1.165, 1.54) is 60.8 Å². The molecule has 0 spiro atoms. The van der Waals surface area contributed by atoms with E-state index >= 15 is 0 Å². The number of anilines is 3. The van der Waals surface area contributed by atoms with Gasteiger partial charge in [-0.05, 0) is 92.2 Å². The maximum Gasteiger partial charge on any atom is 0.0468 e. The lowest BCUT2D eigenvalue weighted by Crippen LogP contribution is -2.33. The van der Waals surface area contributed by atoms with Gasteiger partial charge in [-0.2, -0.15) is 0 Å². The van der Waals surface area contributed by atoms with Gasteiger partial charge in [-0.1, -0.05) is 123 Å². The van der Waals surface area contributed by atoms with Gasteiger partial charge in [0.2, 0.25) is 0 Å². The lowest BCUT2D eigenvalue weighted by molar-refractivity contribution is 0.660. The van der Waals surface area contributed by atoms with Crippen LogP contribution in [0.3, 0.4) is 0 Å². The van der Waals surface area contributed by atoms with Gasteiger partial charge in [0.25, 0.3) is 0 Å². The standard InChI is InChI=1S/C41H33N/c1-41(2)39-15-9-8-14-36(39)37-25-24-34(27-40(37)41)42(32-21-18-29(19-22-32)28-10-4-3-5-11-28)33-23-20-31-17-16-30-12-6-7-13-35(30)38(31)26-33/h3-15,17-27,30H,16H2,1-2H3. The fraction of sp³-hybridized carbons (Fsp3) is 0.122. The molecule has 0 fully saturated rings. The van der Waals surface area contributed by atoms with E-state index < -0.39 is 0 Å². The summed E-state index contributed by atoms with van der Waals surface area (Å²) in [5.74, 6) is 0.454. The van der Waals surface area contributed by atoms with Gasteiger partial charge in [-0.25, -0.2) is 0 Å². The zero-order valence-electron chi connectivity index (χ0n) is 24.1. The molecular weight excluding hydrogens is 506 g/mol. The third kappa shape index (κ3) is 3.92. The SMILES string of the molecule is CC1(C)c2ccccc2-c2ccc(N(c3ccc(-c4ccccc4)cc3)c3ccc4c(c3)=C3C=CC=CC3CC=4)cc21. The van der Waals surface area contributed by atoms with Gasteiger partial charge in [0.15, 0.2) is 0 Å². The van der Waals surface area contributed by atoms with E-state index in [4.69, 9.17) is 0 Å². The van der Waals surface area contributed by atoms with Crippen molar-refractivity contribution in [3.05, 3.63) is 161 Å². The molecule has 1 nitrogen and oxygen atoms in total. The van der Waals surface area contributed by atoms with Gasteiger partial charge in [0.05, 0.1) is 0 Å². The number of hydrogen-bond acceptors (Lipinski definition) is 1. The Morgan fingerprint density at radius 3 is 2.17 bits per heavy atom. The molecule has 0 amide bonds. The topological polar surface area (TPSA) is 3.24 Å². The molecule has 42 heavy (non-hydrogen) atoms. The van der Waals surface area contributed by atoms with Crippen molar-refractivity contribution in [2.75, 3.05) is 4.90 Å². The molecule has 0 N–H and O–H groups in total. The second-order valence-electron chi connectivity index (χ2n) is 12.2. The van der Waals surface area contributed by atoms with Crippen molar-refractivity contribution in [2.24, 2.45) is 5.92 Å². The van der Waals surface area contributed by atoms with Gasteiger partial charge >= 0.3 is 0 Å². The molecule has 0 aliphatic heterocycles. The molecule has 3 aliphatic carbocycles. The second kappa shape index (κ2) is 9.60. The predicted molar refractivity (Wildman–Crippen MR) is 178 cm³/mol. The zero-order valence-corrected chi connectivity index (χ0v) is 24.1. The Kier molecular flexibility index (Phi) is 5.69. The van der Waals surface area contributed by atoms with Crippen molar-refractivity contribution in [3.8, 4) is 22.3 Å². The molecule has 202 valence electrons. The van der Waals surface area contributed by atoms with Crippen molar-refractivity contribution in [3.63, 3.8) is 0 Å². The molecule has 0 aromatic heterocycles. The highest BCUT2D eigenvalue weighted by atomic mass is 15.1. The van der Waals surface area contributed by atoms with E-state index in [9.17, 15) is 0 Å². The third-order valence-electron chi connectivity index (χ3n) is 9.39. The van der Waals surface area contributed by atoms with Crippen LogP contribution in [0.1, 0.15) is 31.4 Å². The van der Waals surface area contributed by atoms with Crippen molar-refractivity contribution in [1.82, 2.24) is 0 Å². The molecule has 0 saturated heterocycles. The number of fused-ring (bicyclic) bond motifs is 5.